The summed E-state index contributed by atoms with van der Waals surface area (Å²) in [4.78, 5) is 9.90. The number of fused-ring (bicyclic) bond motifs is 2. The van der Waals surface area contributed by atoms with Crippen LogP contribution in [0.25, 0.3) is 44.6 Å². The summed E-state index contributed by atoms with van der Waals surface area (Å²) in [6, 6.07) is 15.3. The molecular weight excluding hydrogens is 530 g/mol. The molecule has 0 aliphatic heterocycles. The van der Waals surface area contributed by atoms with E-state index in [1.54, 1.807) is 23.6 Å². The lowest BCUT2D eigenvalue weighted by molar-refractivity contribution is 0.0511. The monoisotopic (exact) mass is 555 g/mol. The van der Waals surface area contributed by atoms with Gasteiger partial charge in [-0.05, 0) is 48.9 Å². The van der Waals surface area contributed by atoms with Crippen LogP contribution in [-0.2, 0) is 18.3 Å². The minimum atomic E-state index is 0.0713. The molecular formula is C29H26ClN7O3. The second-order valence-electron chi connectivity index (χ2n) is 9.38. The van der Waals surface area contributed by atoms with Gasteiger partial charge in [0.2, 0.25) is 0 Å². The molecule has 40 heavy (non-hydrogen) atoms. The van der Waals surface area contributed by atoms with Crippen LogP contribution in [0.1, 0.15) is 11.1 Å². The van der Waals surface area contributed by atoms with Crippen molar-refractivity contribution in [3.8, 4) is 34.3 Å². The standard InChI is InChI=1S/C29H26ClN7O3/c1-17-26-19(14-36(2)34-26)11-23(28(17)40-16-38-3)29-31-24-10-7-20(30)12-22(24)27(32-29)25-15-37(35-33-25)13-18-5-8-21(39-4)9-6-18/h5-12,14-15H,13,16H2,1-4H3. The molecule has 0 amide bonds. The minimum absolute atomic E-state index is 0.0713. The lowest BCUT2D eigenvalue weighted by atomic mass is 10.0. The molecule has 0 unspecified atom stereocenters. The van der Waals surface area contributed by atoms with Crippen LogP contribution < -0.4 is 9.47 Å². The number of benzene rings is 3. The fraction of sp³-hybridized carbons (Fsp3) is 0.207. The van der Waals surface area contributed by atoms with Crippen molar-refractivity contribution in [3.63, 3.8) is 0 Å². The highest BCUT2D eigenvalue weighted by molar-refractivity contribution is 6.31. The van der Waals surface area contributed by atoms with Crippen molar-refractivity contribution in [2.45, 2.75) is 13.5 Å². The van der Waals surface area contributed by atoms with Gasteiger partial charge in [-0.1, -0.05) is 28.9 Å². The van der Waals surface area contributed by atoms with E-state index < -0.39 is 0 Å². The molecule has 0 aliphatic carbocycles. The molecule has 6 aromatic rings. The summed E-state index contributed by atoms with van der Waals surface area (Å²) in [7, 11) is 5.12. The summed E-state index contributed by atoms with van der Waals surface area (Å²) >= 11 is 6.39. The number of aryl methyl sites for hydroxylation is 2. The maximum Gasteiger partial charge on any atom is 0.188 e. The SMILES string of the molecule is COCOc1c(-c2nc(-c3cn(Cc4ccc(OC)cc4)nn3)c3cc(Cl)ccc3n2)cc2cn(C)nc2c1C. The Balaban J connectivity index is 1.49. The molecule has 11 heteroatoms. The molecule has 3 aromatic heterocycles. The van der Waals surface area contributed by atoms with Crippen LogP contribution in [-0.4, -0.2) is 55.8 Å². The van der Waals surface area contributed by atoms with E-state index >= 15 is 0 Å². The fourth-order valence-corrected chi connectivity index (χ4v) is 4.90. The third-order valence-electron chi connectivity index (χ3n) is 6.60. The average molecular weight is 556 g/mol. The summed E-state index contributed by atoms with van der Waals surface area (Å²) in [5, 5.41) is 15.7. The van der Waals surface area contributed by atoms with Crippen molar-refractivity contribution in [3.05, 3.63) is 77.1 Å². The maximum absolute atomic E-state index is 6.39. The van der Waals surface area contributed by atoms with Crippen LogP contribution in [0.15, 0.2) is 60.9 Å². The molecule has 0 saturated carbocycles. The van der Waals surface area contributed by atoms with Gasteiger partial charge in [-0.3, -0.25) is 4.68 Å². The molecule has 6 rings (SSSR count). The Morgan fingerprint density at radius 2 is 1.80 bits per heavy atom. The molecule has 0 spiro atoms. The third kappa shape index (κ3) is 4.83. The number of aromatic nitrogens is 7. The van der Waals surface area contributed by atoms with Gasteiger partial charge in [-0.2, -0.15) is 5.10 Å². The molecule has 202 valence electrons. The molecule has 3 aromatic carbocycles. The van der Waals surface area contributed by atoms with Crippen molar-refractivity contribution in [1.29, 1.82) is 0 Å². The van der Waals surface area contributed by atoms with Crippen LogP contribution in [0, 0.1) is 6.92 Å². The van der Waals surface area contributed by atoms with Gasteiger partial charge in [0, 0.05) is 41.7 Å². The Morgan fingerprint density at radius 1 is 0.975 bits per heavy atom. The van der Waals surface area contributed by atoms with E-state index in [1.165, 1.54) is 0 Å². The van der Waals surface area contributed by atoms with Crippen LogP contribution in [0.3, 0.4) is 0 Å². The lowest BCUT2D eigenvalue weighted by Gasteiger charge is -2.15. The minimum Gasteiger partial charge on any atom is -0.497 e. The molecule has 0 atom stereocenters. The molecule has 0 radical (unpaired) electrons. The van der Waals surface area contributed by atoms with Gasteiger partial charge < -0.3 is 14.2 Å². The van der Waals surface area contributed by atoms with Crippen molar-refractivity contribution in [1.82, 2.24) is 34.7 Å². The average Bonchev–Trinajstić information content (AvgIpc) is 3.58. The Labute approximate surface area is 235 Å². The Morgan fingerprint density at radius 3 is 2.58 bits per heavy atom. The predicted octanol–water partition coefficient (Wildman–Crippen LogP) is 5.44. The first-order valence-corrected chi connectivity index (χ1v) is 12.9. The number of hydrogen-bond donors (Lipinski definition) is 0. The van der Waals surface area contributed by atoms with Crippen molar-refractivity contribution in [2.24, 2.45) is 7.05 Å². The molecule has 10 nitrogen and oxygen atoms in total. The van der Waals surface area contributed by atoms with E-state index in [9.17, 15) is 0 Å². The second-order valence-corrected chi connectivity index (χ2v) is 9.81. The van der Waals surface area contributed by atoms with Crippen LogP contribution in [0.4, 0.5) is 0 Å². The van der Waals surface area contributed by atoms with E-state index in [2.05, 4.69) is 15.4 Å². The quantitative estimate of drug-likeness (QED) is 0.229. The first kappa shape index (κ1) is 25.7. The van der Waals surface area contributed by atoms with Gasteiger partial charge in [-0.15, -0.1) is 5.10 Å². The van der Waals surface area contributed by atoms with Gasteiger partial charge in [0.25, 0.3) is 0 Å². The highest BCUT2D eigenvalue weighted by Crippen LogP contribution is 2.38. The van der Waals surface area contributed by atoms with Crippen molar-refractivity contribution < 1.29 is 14.2 Å². The van der Waals surface area contributed by atoms with Gasteiger partial charge in [0.1, 0.15) is 22.9 Å². The van der Waals surface area contributed by atoms with E-state index in [4.69, 9.17) is 35.8 Å². The summed E-state index contributed by atoms with van der Waals surface area (Å²) in [5.41, 5.74) is 5.43. The molecule has 0 bridgehead atoms. The van der Waals surface area contributed by atoms with Crippen LogP contribution in [0.2, 0.25) is 5.02 Å². The summed E-state index contributed by atoms with van der Waals surface area (Å²) in [5.74, 6) is 1.89. The van der Waals surface area contributed by atoms with Crippen LogP contribution in [0.5, 0.6) is 11.5 Å². The zero-order chi connectivity index (χ0) is 27.8. The topological polar surface area (TPSA) is 102 Å². The first-order valence-electron chi connectivity index (χ1n) is 12.5. The smallest absolute Gasteiger partial charge is 0.188 e. The zero-order valence-corrected chi connectivity index (χ0v) is 23.2. The van der Waals surface area contributed by atoms with Crippen molar-refractivity contribution in [2.75, 3.05) is 21.0 Å². The summed E-state index contributed by atoms with van der Waals surface area (Å²) < 4.78 is 20.1. The van der Waals surface area contributed by atoms with E-state index in [1.807, 2.05) is 74.9 Å². The Hall–Kier alpha value is -4.54. The predicted molar refractivity (Wildman–Crippen MR) is 153 cm³/mol. The normalized spacial score (nSPS) is 11.4. The lowest BCUT2D eigenvalue weighted by Crippen LogP contribution is -2.04. The van der Waals surface area contributed by atoms with Crippen molar-refractivity contribution >= 4 is 33.4 Å². The number of hydrogen-bond acceptors (Lipinski definition) is 8. The third-order valence-corrected chi connectivity index (χ3v) is 6.84. The first-order chi connectivity index (χ1) is 19.4. The Bertz CT molecular complexity index is 1850. The zero-order valence-electron chi connectivity index (χ0n) is 22.4. The van der Waals surface area contributed by atoms with Gasteiger partial charge >= 0.3 is 0 Å². The Kier molecular flexibility index (Phi) is 6.79. The van der Waals surface area contributed by atoms with Gasteiger partial charge in [0.15, 0.2) is 12.6 Å². The molecule has 0 aliphatic rings. The summed E-state index contributed by atoms with van der Waals surface area (Å²) in [6.45, 7) is 2.58. The number of ether oxygens (including phenoxy) is 3. The van der Waals surface area contributed by atoms with E-state index in [0.29, 0.717) is 34.5 Å². The molecule has 3 heterocycles. The molecule has 0 saturated heterocycles. The van der Waals surface area contributed by atoms with E-state index in [0.717, 1.165) is 44.2 Å². The van der Waals surface area contributed by atoms with E-state index in [-0.39, 0.29) is 6.79 Å². The number of methoxy groups -OCH3 is 2. The highest BCUT2D eigenvalue weighted by Gasteiger charge is 2.21. The number of rotatable bonds is 8. The summed E-state index contributed by atoms with van der Waals surface area (Å²) in [6.07, 6.45) is 3.83. The maximum atomic E-state index is 6.39. The van der Waals surface area contributed by atoms with Gasteiger partial charge in [-0.25, -0.2) is 14.6 Å². The second kappa shape index (κ2) is 10.6. The molecule has 0 fully saturated rings. The molecule has 0 N–H and O–H groups in total. The number of halogens is 1. The fourth-order valence-electron chi connectivity index (χ4n) is 4.72. The largest absolute Gasteiger partial charge is 0.497 e. The number of nitrogens with zero attached hydrogens (tertiary/aromatic N) is 7. The van der Waals surface area contributed by atoms with Gasteiger partial charge in [0.05, 0.1) is 36.4 Å². The van der Waals surface area contributed by atoms with Crippen LogP contribution >= 0.6 is 11.6 Å². The highest BCUT2D eigenvalue weighted by atomic mass is 35.5.